The van der Waals surface area contributed by atoms with Crippen LogP contribution in [0.15, 0.2) is 71.1 Å². The highest BCUT2D eigenvalue weighted by atomic mass is 32.2. The van der Waals surface area contributed by atoms with E-state index < -0.39 is 0 Å². The van der Waals surface area contributed by atoms with Gasteiger partial charge in [-0.15, -0.1) is 11.3 Å². The number of aromatic nitrogens is 1. The van der Waals surface area contributed by atoms with Crippen LogP contribution < -0.4 is 5.32 Å². The third kappa shape index (κ3) is 3.32. The molecule has 0 saturated heterocycles. The molecule has 1 aliphatic rings. The molecular weight excluding hydrogens is 416 g/mol. The van der Waals surface area contributed by atoms with Gasteiger partial charge in [0.15, 0.2) is 15.9 Å². The first-order valence-electron chi connectivity index (χ1n) is 9.21. The van der Waals surface area contributed by atoms with Crippen LogP contribution in [0.5, 0.6) is 0 Å². The molecule has 1 aliphatic carbocycles. The lowest BCUT2D eigenvalue weighted by Crippen LogP contribution is -2.21. The number of amides is 1. The molecule has 0 aliphatic heterocycles. The Hall–Kier alpha value is -3.29. The highest BCUT2D eigenvalue weighted by Gasteiger charge is 2.29. The Balaban J connectivity index is 1.31. The molecule has 0 saturated carbocycles. The number of para-hydroxylation sites is 1. The fourth-order valence-corrected chi connectivity index (χ4v) is 5.28. The van der Waals surface area contributed by atoms with E-state index in [4.69, 9.17) is 0 Å². The van der Waals surface area contributed by atoms with E-state index in [2.05, 4.69) is 10.3 Å². The number of thiazole rings is 1. The Labute approximate surface area is 180 Å². The van der Waals surface area contributed by atoms with E-state index in [1.54, 1.807) is 53.8 Å². The lowest BCUT2D eigenvalue weighted by Gasteiger charge is -2.18. The third-order valence-corrected chi connectivity index (χ3v) is 6.99. The average molecular weight is 431 g/mol. The highest BCUT2D eigenvalue weighted by molar-refractivity contribution is 8.01. The molecule has 0 bridgehead atoms. The number of hydrogen-bond acceptors (Lipinski definition) is 6. The number of benzene rings is 3. The molecule has 0 fully saturated rings. The van der Waals surface area contributed by atoms with Crippen LogP contribution in [0.3, 0.4) is 0 Å². The van der Waals surface area contributed by atoms with Gasteiger partial charge < -0.3 is 5.32 Å². The van der Waals surface area contributed by atoms with Crippen molar-refractivity contribution in [3.05, 3.63) is 89.0 Å². The van der Waals surface area contributed by atoms with Crippen molar-refractivity contribution in [2.24, 2.45) is 0 Å². The minimum absolute atomic E-state index is 0.176. The predicted octanol–water partition coefficient (Wildman–Crippen LogP) is 4.80. The summed E-state index contributed by atoms with van der Waals surface area (Å²) in [4.78, 5) is 42.4. The molecule has 0 spiro atoms. The van der Waals surface area contributed by atoms with Crippen LogP contribution in [0.2, 0.25) is 0 Å². The molecule has 1 amide bonds. The first-order chi connectivity index (χ1) is 14.6. The number of fused-ring (bicyclic) bond motifs is 3. The second kappa shape index (κ2) is 7.51. The fourth-order valence-electron chi connectivity index (χ4n) is 3.41. The summed E-state index contributed by atoms with van der Waals surface area (Å²) in [6.07, 6.45) is 0. The summed E-state index contributed by atoms with van der Waals surface area (Å²) in [5.41, 5.74) is 2.90. The number of carbonyl (C=O) groups excluding carboxylic acids is 3. The van der Waals surface area contributed by atoms with E-state index in [0.717, 1.165) is 14.6 Å². The van der Waals surface area contributed by atoms with Crippen LogP contribution in [-0.2, 0) is 4.79 Å². The molecule has 5 nitrogen and oxygen atoms in total. The standard InChI is InChI=1S/C23H14N2O3S2/c26-20(12-29-23-25-18-7-3-4-8-19(18)30-23)24-13-9-10-16-17(11-13)22(28)15-6-2-1-5-14(15)21(16)27/h1-11H,12H2,(H,24,26). The number of thioether (sulfide) groups is 1. The van der Waals surface area contributed by atoms with Gasteiger partial charge in [-0.25, -0.2) is 4.98 Å². The van der Waals surface area contributed by atoms with Gasteiger partial charge in [-0.05, 0) is 30.3 Å². The van der Waals surface area contributed by atoms with Crippen LogP contribution in [0.25, 0.3) is 10.2 Å². The van der Waals surface area contributed by atoms with Crippen LogP contribution >= 0.6 is 23.1 Å². The number of hydrogen-bond donors (Lipinski definition) is 1. The van der Waals surface area contributed by atoms with Gasteiger partial charge in [0, 0.05) is 27.9 Å². The van der Waals surface area contributed by atoms with E-state index in [1.807, 2.05) is 24.3 Å². The summed E-state index contributed by atoms with van der Waals surface area (Å²) in [6.45, 7) is 0. The van der Waals surface area contributed by atoms with Crippen molar-refractivity contribution in [1.29, 1.82) is 0 Å². The Morgan fingerprint density at radius 1 is 0.867 bits per heavy atom. The summed E-state index contributed by atoms with van der Waals surface area (Å²) in [5, 5.41) is 2.81. The molecule has 146 valence electrons. The predicted molar refractivity (Wildman–Crippen MR) is 119 cm³/mol. The summed E-state index contributed by atoms with van der Waals surface area (Å²) < 4.78 is 1.91. The lowest BCUT2D eigenvalue weighted by molar-refractivity contribution is -0.113. The first-order valence-corrected chi connectivity index (χ1v) is 11.0. The second-order valence-corrected chi connectivity index (χ2v) is 9.00. The van der Waals surface area contributed by atoms with Crippen LogP contribution in [0, 0.1) is 0 Å². The maximum Gasteiger partial charge on any atom is 0.234 e. The Kier molecular flexibility index (Phi) is 4.69. The number of ketones is 2. The number of nitrogens with one attached hydrogen (secondary N) is 1. The molecule has 1 aromatic heterocycles. The molecule has 0 radical (unpaired) electrons. The Morgan fingerprint density at radius 2 is 1.53 bits per heavy atom. The van der Waals surface area contributed by atoms with Crippen molar-refractivity contribution in [1.82, 2.24) is 4.98 Å². The van der Waals surface area contributed by atoms with Gasteiger partial charge in [0.05, 0.1) is 16.0 Å². The molecule has 3 aromatic carbocycles. The first kappa shape index (κ1) is 18.7. The largest absolute Gasteiger partial charge is 0.325 e. The van der Waals surface area contributed by atoms with E-state index in [-0.39, 0.29) is 23.2 Å². The van der Waals surface area contributed by atoms with Gasteiger partial charge in [0.2, 0.25) is 5.91 Å². The van der Waals surface area contributed by atoms with E-state index in [9.17, 15) is 14.4 Å². The number of carbonyl (C=O) groups is 3. The quantitative estimate of drug-likeness (QED) is 0.415. The van der Waals surface area contributed by atoms with E-state index in [0.29, 0.717) is 27.9 Å². The van der Waals surface area contributed by atoms with Gasteiger partial charge in [-0.1, -0.05) is 48.2 Å². The molecule has 30 heavy (non-hydrogen) atoms. The van der Waals surface area contributed by atoms with E-state index >= 15 is 0 Å². The average Bonchev–Trinajstić information content (AvgIpc) is 3.19. The summed E-state index contributed by atoms with van der Waals surface area (Å²) in [6, 6.07) is 19.5. The minimum atomic E-state index is -0.208. The van der Waals surface area contributed by atoms with E-state index in [1.165, 1.54) is 11.8 Å². The zero-order valence-corrected chi connectivity index (χ0v) is 17.2. The van der Waals surface area contributed by atoms with Gasteiger partial charge >= 0.3 is 0 Å². The fraction of sp³-hybridized carbons (Fsp3) is 0.0435. The summed E-state index contributed by atoms with van der Waals surface area (Å²) >= 11 is 2.92. The van der Waals surface area contributed by atoms with Crippen LogP contribution in [0.1, 0.15) is 31.8 Å². The normalized spacial score (nSPS) is 12.5. The molecule has 4 aromatic rings. The number of rotatable bonds is 4. The smallest absolute Gasteiger partial charge is 0.234 e. The van der Waals surface area contributed by atoms with Gasteiger partial charge in [0.1, 0.15) is 0 Å². The zero-order valence-electron chi connectivity index (χ0n) is 15.5. The Morgan fingerprint density at radius 3 is 2.30 bits per heavy atom. The summed E-state index contributed by atoms with van der Waals surface area (Å²) in [5.74, 6) is -0.383. The lowest BCUT2D eigenvalue weighted by atomic mass is 9.84. The maximum atomic E-state index is 12.8. The van der Waals surface area contributed by atoms with Crippen LogP contribution in [-0.4, -0.2) is 28.2 Å². The molecule has 0 unspecified atom stereocenters. The van der Waals surface area contributed by atoms with Crippen molar-refractivity contribution in [2.75, 3.05) is 11.1 Å². The van der Waals surface area contributed by atoms with Gasteiger partial charge in [0.25, 0.3) is 0 Å². The second-order valence-electron chi connectivity index (χ2n) is 6.75. The summed E-state index contributed by atoms with van der Waals surface area (Å²) in [7, 11) is 0. The van der Waals surface area contributed by atoms with Crippen molar-refractivity contribution in [2.45, 2.75) is 4.34 Å². The molecule has 7 heteroatoms. The SMILES string of the molecule is O=C(CSc1nc2ccccc2s1)Nc1ccc2c(c1)C(=O)c1ccccc1C2=O. The topological polar surface area (TPSA) is 76.1 Å². The maximum absolute atomic E-state index is 12.8. The Bertz CT molecular complexity index is 1310. The molecule has 1 heterocycles. The minimum Gasteiger partial charge on any atom is -0.325 e. The van der Waals surface area contributed by atoms with Gasteiger partial charge in [-0.3, -0.25) is 14.4 Å². The van der Waals surface area contributed by atoms with Gasteiger partial charge in [-0.2, -0.15) is 0 Å². The number of anilines is 1. The number of nitrogens with zero attached hydrogens (tertiary/aromatic N) is 1. The molecule has 0 atom stereocenters. The van der Waals surface area contributed by atoms with Crippen molar-refractivity contribution in [3.63, 3.8) is 0 Å². The highest BCUT2D eigenvalue weighted by Crippen LogP contribution is 2.31. The molecule has 1 N–H and O–H groups in total. The zero-order chi connectivity index (χ0) is 20.7. The monoisotopic (exact) mass is 430 g/mol. The molecular formula is C23H14N2O3S2. The van der Waals surface area contributed by atoms with Crippen molar-refractivity contribution >= 4 is 56.5 Å². The van der Waals surface area contributed by atoms with Crippen LogP contribution in [0.4, 0.5) is 5.69 Å². The molecule has 5 rings (SSSR count). The van der Waals surface area contributed by atoms with Crippen molar-refractivity contribution < 1.29 is 14.4 Å². The third-order valence-electron chi connectivity index (χ3n) is 4.81. The van der Waals surface area contributed by atoms with Crippen molar-refractivity contribution in [3.8, 4) is 0 Å².